The summed E-state index contributed by atoms with van der Waals surface area (Å²) in [5, 5.41) is 7.93. The van der Waals surface area contributed by atoms with E-state index >= 15 is 0 Å². The number of carbonyl (C=O) groups is 1. The third-order valence-electron chi connectivity index (χ3n) is 4.47. The SMILES string of the molecule is O=C(c1ccccc1Cl)n1nc(-c2ccccc2F)cc1NCc1ccccc1. The lowest BCUT2D eigenvalue weighted by molar-refractivity contribution is 0.0948. The van der Waals surface area contributed by atoms with E-state index in [1.807, 2.05) is 30.3 Å². The van der Waals surface area contributed by atoms with E-state index in [0.717, 1.165) is 5.56 Å². The Hall–Kier alpha value is -3.44. The van der Waals surface area contributed by atoms with E-state index in [0.29, 0.717) is 34.2 Å². The van der Waals surface area contributed by atoms with Crippen molar-refractivity contribution in [2.45, 2.75) is 6.54 Å². The highest BCUT2D eigenvalue weighted by atomic mass is 35.5. The van der Waals surface area contributed by atoms with Crippen LogP contribution >= 0.6 is 11.6 Å². The Balaban J connectivity index is 1.74. The first-order chi connectivity index (χ1) is 14.1. The molecule has 1 N–H and O–H groups in total. The molecule has 0 saturated heterocycles. The standard InChI is InChI=1S/C23H17ClFN3O/c24-19-12-6-4-10-17(19)23(29)28-22(26-15-16-8-2-1-3-9-16)14-21(27-28)18-11-5-7-13-20(18)25/h1-14,26H,15H2. The number of benzene rings is 3. The molecule has 144 valence electrons. The van der Waals surface area contributed by atoms with Crippen molar-refractivity contribution in [3.63, 3.8) is 0 Å². The van der Waals surface area contributed by atoms with Crippen LogP contribution in [0.3, 0.4) is 0 Å². The van der Waals surface area contributed by atoms with Crippen LogP contribution < -0.4 is 5.32 Å². The molecule has 0 bridgehead atoms. The maximum absolute atomic E-state index is 14.3. The molecular formula is C23H17ClFN3O. The van der Waals surface area contributed by atoms with Gasteiger partial charge in [0, 0.05) is 18.2 Å². The second kappa shape index (κ2) is 8.29. The molecule has 0 aliphatic heterocycles. The van der Waals surface area contributed by atoms with Crippen LogP contribution in [0.2, 0.25) is 5.02 Å². The van der Waals surface area contributed by atoms with E-state index < -0.39 is 11.7 Å². The second-order valence-corrected chi connectivity index (χ2v) is 6.84. The second-order valence-electron chi connectivity index (χ2n) is 6.43. The molecule has 29 heavy (non-hydrogen) atoms. The van der Waals surface area contributed by atoms with Crippen LogP contribution in [-0.2, 0) is 6.54 Å². The third-order valence-corrected chi connectivity index (χ3v) is 4.80. The van der Waals surface area contributed by atoms with Gasteiger partial charge in [-0.05, 0) is 29.8 Å². The molecule has 3 aromatic carbocycles. The molecular weight excluding hydrogens is 389 g/mol. The molecule has 0 unspecified atom stereocenters. The van der Waals surface area contributed by atoms with E-state index in [2.05, 4.69) is 10.4 Å². The molecule has 6 heteroatoms. The Labute approximate surface area is 172 Å². The molecule has 1 heterocycles. The highest BCUT2D eigenvalue weighted by molar-refractivity contribution is 6.34. The van der Waals surface area contributed by atoms with Crippen molar-refractivity contribution in [2.75, 3.05) is 5.32 Å². The molecule has 0 amide bonds. The number of aromatic nitrogens is 2. The summed E-state index contributed by atoms with van der Waals surface area (Å²) in [6.45, 7) is 0.485. The first-order valence-corrected chi connectivity index (χ1v) is 9.43. The van der Waals surface area contributed by atoms with E-state index in [9.17, 15) is 9.18 Å². The lowest BCUT2D eigenvalue weighted by Gasteiger charge is -2.09. The summed E-state index contributed by atoms with van der Waals surface area (Å²) >= 11 is 6.20. The maximum Gasteiger partial charge on any atom is 0.281 e. The number of anilines is 1. The lowest BCUT2D eigenvalue weighted by Crippen LogP contribution is -2.17. The Morgan fingerprint density at radius 2 is 1.66 bits per heavy atom. The summed E-state index contributed by atoms with van der Waals surface area (Å²) in [4.78, 5) is 13.1. The predicted molar refractivity (Wildman–Crippen MR) is 113 cm³/mol. The van der Waals surface area contributed by atoms with Gasteiger partial charge in [0.15, 0.2) is 0 Å². The Morgan fingerprint density at radius 3 is 2.41 bits per heavy atom. The van der Waals surface area contributed by atoms with E-state index in [1.165, 1.54) is 10.7 Å². The smallest absolute Gasteiger partial charge is 0.281 e. The van der Waals surface area contributed by atoms with Gasteiger partial charge in [0.2, 0.25) is 0 Å². The quantitative estimate of drug-likeness (QED) is 0.467. The molecule has 1 aromatic heterocycles. The van der Waals surface area contributed by atoms with Crippen molar-refractivity contribution in [1.29, 1.82) is 0 Å². The average Bonchev–Trinajstić information content (AvgIpc) is 3.17. The number of halogens is 2. The first kappa shape index (κ1) is 18.9. The van der Waals surface area contributed by atoms with Crippen molar-refractivity contribution in [3.8, 4) is 11.3 Å². The minimum absolute atomic E-state index is 0.320. The minimum atomic E-state index is -0.406. The zero-order chi connectivity index (χ0) is 20.2. The molecule has 4 aromatic rings. The topological polar surface area (TPSA) is 46.9 Å². The molecule has 0 radical (unpaired) electrons. The molecule has 0 aliphatic rings. The maximum atomic E-state index is 14.3. The van der Waals surface area contributed by atoms with Crippen LogP contribution in [0, 0.1) is 5.82 Å². The van der Waals surface area contributed by atoms with Crippen molar-refractivity contribution in [1.82, 2.24) is 9.78 Å². The number of hydrogen-bond acceptors (Lipinski definition) is 3. The number of nitrogens with one attached hydrogen (secondary N) is 1. The molecule has 0 aliphatic carbocycles. The number of hydrogen-bond donors (Lipinski definition) is 1. The summed E-state index contributed by atoms with van der Waals surface area (Å²) in [5.41, 5.74) is 2.04. The Bertz CT molecular complexity index is 1160. The first-order valence-electron chi connectivity index (χ1n) is 9.05. The summed E-state index contributed by atoms with van der Waals surface area (Å²) in [6, 6.07) is 24.5. The van der Waals surface area contributed by atoms with Gasteiger partial charge in [-0.15, -0.1) is 0 Å². The van der Waals surface area contributed by atoms with E-state index in [4.69, 9.17) is 11.6 Å². The Kier molecular flexibility index (Phi) is 5.40. The highest BCUT2D eigenvalue weighted by Gasteiger charge is 2.20. The normalized spacial score (nSPS) is 10.7. The van der Waals surface area contributed by atoms with Crippen molar-refractivity contribution >= 4 is 23.3 Å². The highest BCUT2D eigenvalue weighted by Crippen LogP contribution is 2.26. The van der Waals surface area contributed by atoms with E-state index in [-0.39, 0.29) is 0 Å². The minimum Gasteiger partial charge on any atom is -0.366 e. The van der Waals surface area contributed by atoms with Crippen molar-refractivity contribution in [3.05, 3.63) is 107 Å². The number of nitrogens with zero attached hydrogens (tertiary/aromatic N) is 2. The fourth-order valence-corrected chi connectivity index (χ4v) is 3.22. The van der Waals surface area contributed by atoms with Gasteiger partial charge >= 0.3 is 0 Å². The molecule has 4 rings (SSSR count). The van der Waals surface area contributed by atoms with Crippen LogP contribution in [-0.4, -0.2) is 15.7 Å². The Morgan fingerprint density at radius 1 is 0.966 bits per heavy atom. The van der Waals surface area contributed by atoms with Crippen molar-refractivity contribution in [2.24, 2.45) is 0 Å². The predicted octanol–water partition coefficient (Wildman–Crippen LogP) is 5.64. The van der Waals surface area contributed by atoms with E-state index in [1.54, 1.807) is 48.5 Å². The summed E-state index contributed by atoms with van der Waals surface area (Å²) in [7, 11) is 0. The number of carbonyl (C=O) groups excluding carboxylic acids is 1. The van der Waals surface area contributed by atoms with Gasteiger partial charge in [-0.2, -0.15) is 9.78 Å². The summed E-state index contributed by atoms with van der Waals surface area (Å²) in [5.74, 6) is -0.345. The van der Waals surface area contributed by atoms with Gasteiger partial charge in [-0.1, -0.05) is 66.2 Å². The van der Waals surface area contributed by atoms with Gasteiger partial charge in [-0.3, -0.25) is 4.79 Å². The van der Waals surface area contributed by atoms with Crippen LogP contribution in [0.1, 0.15) is 15.9 Å². The monoisotopic (exact) mass is 405 g/mol. The fourth-order valence-electron chi connectivity index (χ4n) is 3.00. The zero-order valence-corrected chi connectivity index (χ0v) is 16.1. The van der Waals surface area contributed by atoms with Gasteiger partial charge in [-0.25, -0.2) is 4.39 Å². The number of rotatable bonds is 5. The van der Waals surface area contributed by atoms with Gasteiger partial charge < -0.3 is 5.32 Å². The van der Waals surface area contributed by atoms with Gasteiger partial charge in [0.1, 0.15) is 11.6 Å². The van der Waals surface area contributed by atoms with Crippen LogP contribution in [0.4, 0.5) is 10.2 Å². The van der Waals surface area contributed by atoms with Gasteiger partial charge in [0.25, 0.3) is 5.91 Å². The third kappa shape index (κ3) is 4.05. The molecule has 4 nitrogen and oxygen atoms in total. The van der Waals surface area contributed by atoms with Crippen LogP contribution in [0.15, 0.2) is 84.9 Å². The van der Waals surface area contributed by atoms with Crippen LogP contribution in [0.25, 0.3) is 11.3 Å². The summed E-state index contributed by atoms with van der Waals surface area (Å²) < 4.78 is 15.5. The summed E-state index contributed by atoms with van der Waals surface area (Å²) in [6.07, 6.45) is 0. The molecule has 0 atom stereocenters. The van der Waals surface area contributed by atoms with Crippen molar-refractivity contribution < 1.29 is 9.18 Å². The van der Waals surface area contributed by atoms with Gasteiger partial charge in [0.05, 0.1) is 16.3 Å². The fraction of sp³-hybridized carbons (Fsp3) is 0.0435. The molecule has 0 spiro atoms. The molecule has 0 saturated carbocycles. The van der Waals surface area contributed by atoms with Crippen LogP contribution in [0.5, 0.6) is 0 Å². The zero-order valence-electron chi connectivity index (χ0n) is 15.3. The largest absolute Gasteiger partial charge is 0.366 e. The lowest BCUT2D eigenvalue weighted by atomic mass is 10.1. The average molecular weight is 406 g/mol. The molecule has 0 fully saturated rings.